The number of nitrogens with zero attached hydrogens (tertiary/aromatic N) is 1. The molecule has 1 aliphatic heterocycles. The lowest BCUT2D eigenvalue weighted by Crippen LogP contribution is -2.43. The van der Waals surface area contributed by atoms with Crippen LogP contribution in [-0.4, -0.2) is 54.8 Å². The minimum atomic E-state index is -0.434. The van der Waals surface area contributed by atoms with Crippen LogP contribution < -0.4 is 10.1 Å². The van der Waals surface area contributed by atoms with Crippen molar-refractivity contribution < 1.29 is 14.6 Å². The van der Waals surface area contributed by atoms with E-state index in [-0.39, 0.29) is 24.4 Å². The van der Waals surface area contributed by atoms with E-state index in [0.717, 1.165) is 0 Å². The lowest BCUT2D eigenvalue weighted by atomic mass is 10.2. The van der Waals surface area contributed by atoms with Crippen LogP contribution in [0.5, 0.6) is 5.75 Å². The van der Waals surface area contributed by atoms with E-state index >= 15 is 0 Å². The molecule has 0 spiro atoms. The van der Waals surface area contributed by atoms with Crippen molar-refractivity contribution >= 4 is 29.9 Å². The van der Waals surface area contributed by atoms with E-state index in [1.54, 1.807) is 24.1 Å². The highest BCUT2D eigenvalue weighted by Gasteiger charge is 2.29. The molecule has 2 rings (SSSR count). The second kappa shape index (κ2) is 8.44. The standard InChI is InChI=1S/C14H19ClN2O3.ClH/c1-17(14(19)12-8-10(18)9-16-12)6-7-20-13-5-3-2-4-11(13)15;/h2-5,10,12,16,18H,6-9H2,1H3;1H. The Hall–Kier alpha value is -1.01. The summed E-state index contributed by atoms with van der Waals surface area (Å²) >= 11 is 5.98. The largest absolute Gasteiger partial charge is 0.490 e. The van der Waals surface area contributed by atoms with E-state index in [9.17, 15) is 9.90 Å². The molecule has 0 aromatic heterocycles. The zero-order valence-corrected chi connectivity index (χ0v) is 13.4. The number of aliphatic hydroxyl groups is 1. The predicted molar refractivity (Wildman–Crippen MR) is 84.2 cm³/mol. The van der Waals surface area contributed by atoms with E-state index in [1.807, 2.05) is 12.1 Å². The van der Waals surface area contributed by atoms with Crippen LogP contribution in [0.1, 0.15) is 6.42 Å². The molecule has 1 aromatic carbocycles. The third-order valence-electron chi connectivity index (χ3n) is 3.30. The van der Waals surface area contributed by atoms with Gasteiger partial charge < -0.3 is 20.1 Å². The van der Waals surface area contributed by atoms with Gasteiger partial charge >= 0.3 is 0 Å². The number of aliphatic hydroxyl groups excluding tert-OH is 1. The summed E-state index contributed by atoms with van der Waals surface area (Å²) < 4.78 is 5.55. The second-order valence-corrected chi connectivity index (χ2v) is 5.30. The minimum Gasteiger partial charge on any atom is -0.490 e. The molecule has 0 aliphatic carbocycles. The van der Waals surface area contributed by atoms with E-state index < -0.39 is 6.10 Å². The quantitative estimate of drug-likeness (QED) is 0.852. The number of β-amino-alcohol motifs (C(OH)–C–C–N with tert-alkyl or cyclic N) is 1. The third-order valence-corrected chi connectivity index (χ3v) is 3.62. The molecule has 1 aromatic rings. The van der Waals surface area contributed by atoms with Crippen molar-refractivity contribution in [3.05, 3.63) is 29.3 Å². The van der Waals surface area contributed by atoms with Gasteiger partial charge in [0.05, 0.1) is 23.7 Å². The number of hydrogen-bond donors (Lipinski definition) is 2. The number of rotatable bonds is 5. The van der Waals surface area contributed by atoms with Crippen molar-refractivity contribution in [2.45, 2.75) is 18.6 Å². The fourth-order valence-corrected chi connectivity index (χ4v) is 2.33. The molecule has 1 saturated heterocycles. The number of nitrogens with one attached hydrogen (secondary N) is 1. The summed E-state index contributed by atoms with van der Waals surface area (Å²) in [6, 6.07) is 6.94. The fourth-order valence-electron chi connectivity index (χ4n) is 2.14. The molecular weight excluding hydrogens is 315 g/mol. The van der Waals surface area contributed by atoms with Gasteiger partial charge in [-0.2, -0.15) is 0 Å². The van der Waals surface area contributed by atoms with Gasteiger partial charge in [-0.25, -0.2) is 0 Å². The van der Waals surface area contributed by atoms with Gasteiger partial charge in [0.25, 0.3) is 0 Å². The van der Waals surface area contributed by atoms with Gasteiger partial charge in [0.2, 0.25) is 5.91 Å². The van der Waals surface area contributed by atoms with Gasteiger partial charge in [0, 0.05) is 13.6 Å². The van der Waals surface area contributed by atoms with Crippen molar-refractivity contribution in [2.75, 3.05) is 26.7 Å². The molecule has 1 amide bonds. The molecule has 0 radical (unpaired) electrons. The Morgan fingerprint density at radius 3 is 2.86 bits per heavy atom. The summed E-state index contributed by atoms with van der Waals surface area (Å²) in [5, 5.41) is 13.0. The maximum Gasteiger partial charge on any atom is 0.239 e. The zero-order chi connectivity index (χ0) is 14.5. The van der Waals surface area contributed by atoms with Crippen LogP contribution in [0.15, 0.2) is 24.3 Å². The molecule has 2 unspecified atom stereocenters. The molecule has 2 N–H and O–H groups in total. The first-order valence-corrected chi connectivity index (χ1v) is 6.99. The molecule has 7 heteroatoms. The first-order chi connectivity index (χ1) is 9.58. The molecule has 5 nitrogen and oxygen atoms in total. The van der Waals surface area contributed by atoms with Crippen molar-refractivity contribution in [1.29, 1.82) is 0 Å². The third kappa shape index (κ3) is 5.04. The molecule has 1 aliphatic rings. The first-order valence-electron chi connectivity index (χ1n) is 6.61. The number of halogens is 2. The number of ether oxygens (including phenoxy) is 1. The highest BCUT2D eigenvalue weighted by Crippen LogP contribution is 2.22. The first kappa shape index (κ1) is 18.0. The molecule has 0 saturated carbocycles. The Balaban J connectivity index is 0.00000220. The normalized spacial score (nSPS) is 20.7. The number of amides is 1. The molecule has 21 heavy (non-hydrogen) atoms. The number of hydrogen-bond acceptors (Lipinski definition) is 4. The van der Waals surface area contributed by atoms with Crippen molar-refractivity contribution in [3.8, 4) is 5.75 Å². The summed E-state index contributed by atoms with van der Waals surface area (Å²) in [6.07, 6.45) is 0.0332. The van der Waals surface area contributed by atoms with Crippen molar-refractivity contribution in [3.63, 3.8) is 0 Å². The minimum absolute atomic E-state index is 0. The SMILES string of the molecule is CN(CCOc1ccccc1Cl)C(=O)C1CC(O)CN1.Cl. The monoisotopic (exact) mass is 334 g/mol. The topological polar surface area (TPSA) is 61.8 Å². The van der Waals surface area contributed by atoms with E-state index in [4.69, 9.17) is 16.3 Å². The van der Waals surface area contributed by atoms with E-state index in [0.29, 0.717) is 36.9 Å². The van der Waals surface area contributed by atoms with Crippen LogP contribution in [-0.2, 0) is 4.79 Å². The van der Waals surface area contributed by atoms with E-state index in [2.05, 4.69) is 5.32 Å². The van der Waals surface area contributed by atoms with Crippen molar-refractivity contribution in [1.82, 2.24) is 10.2 Å². The number of carbonyl (C=O) groups excluding carboxylic acids is 1. The maximum absolute atomic E-state index is 12.1. The molecule has 1 fully saturated rings. The molecule has 0 bridgehead atoms. The Labute approximate surface area is 135 Å². The number of para-hydroxylation sites is 1. The predicted octanol–water partition coefficient (Wildman–Crippen LogP) is 1.32. The van der Waals surface area contributed by atoms with E-state index in [1.165, 1.54) is 0 Å². The van der Waals surface area contributed by atoms with Crippen LogP contribution >= 0.6 is 24.0 Å². The van der Waals surface area contributed by atoms with Crippen LogP contribution in [0.25, 0.3) is 0 Å². The summed E-state index contributed by atoms with van der Waals surface area (Å²) in [7, 11) is 1.73. The second-order valence-electron chi connectivity index (χ2n) is 4.89. The number of benzene rings is 1. The molecule has 118 valence electrons. The Morgan fingerprint density at radius 2 is 2.24 bits per heavy atom. The highest BCUT2D eigenvalue weighted by molar-refractivity contribution is 6.32. The zero-order valence-electron chi connectivity index (χ0n) is 11.8. The molecule has 2 atom stereocenters. The van der Waals surface area contributed by atoms with Gasteiger partial charge in [-0.15, -0.1) is 12.4 Å². The smallest absolute Gasteiger partial charge is 0.239 e. The summed E-state index contributed by atoms with van der Waals surface area (Å²) in [5.74, 6) is 0.591. The Kier molecular flexibility index (Phi) is 7.25. The Morgan fingerprint density at radius 1 is 1.52 bits per heavy atom. The summed E-state index contributed by atoms with van der Waals surface area (Å²) in [4.78, 5) is 13.7. The Bertz CT molecular complexity index is 473. The summed E-state index contributed by atoms with van der Waals surface area (Å²) in [5.41, 5.74) is 0. The van der Waals surface area contributed by atoms with Crippen LogP contribution in [0, 0.1) is 0 Å². The van der Waals surface area contributed by atoms with Crippen molar-refractivity contribution in [2.24, 2.45) is 0 Å². The average Bonchev–Trinajstić information content (AvgIpc) is 2.86. The van der Waals surface area contributed by atoms with Crippen LogP contribution in [0.3, 0.4) is 0 Å². The fraction of sp³-hybridized carbons (Fsp3) is 0.500. The van der Waals surface area contributed by atoms with Crippen LogP contribution in [0.2, 0.25) is 5.02 Å². The lowest BCUT2D eigenvalue weighted by Gasteiger charge is -2.21. The lowest BCUT2D eigenvalue weighted by molar-refractivity contribution is -0.132. The van der Waals surface area contributed by atoms with Crippen LogP contribution in [0.4, 0.5) is 0 Å². The van der Waals surface area contributed by atoms with Gasteiger partial charge in [-0.05, 0) is 18.6 Å². The maximum atomic E-state index is 12.1. The number of likely N-dealkylation sites (N-methyl/N-ethyl adjacent to an activating group) is 1. The van der Waals surface area contributed by atoms with Gasteiger partial charge in [-0.1, -0.05) is 23.7 Å². The number of carbonyl (C=O) groups is 1. The van der Waals surface area contributed by atoms with Gasteiger partial charge in [-0.3, -0.25) is 4.79 Å². The van der Waals surface area contributed by atoms with Gasteiger partial charge in [0.15, 0.2) is 0 Å². The molecule has 1 heterocycles. The van der Waals surface area contributed by atoms with Gasteiger partial charge in [0.1, 0.15) is 12.4 Å². The molecular formula is C14H20Cl2N2O3. The summed E-state index contributed by atoms with van der Waals surface area (Å²) in [6.45, 7) is 1.32. The average molecular weight is 335 g/mol. The highest BCUT2D eigenvalue weighted by atomic mass is 35.5.